The van der Waals surface area contributed by atoms with E-state index in [1.165, 1.54) is 18.2 Å². The summed E-state index contributed by atoms with van der Waals surface area (Å²) in [6.45, 7) is 0.706. The molecular formula is C16H19F2NO2. The van der Waals surface area contributed by atoms with Crippen LogP contribution >= 0.6 is 0 Å². The molecular weight excluding hydrogens is 276 g/mol. The second-order valence-electron chi connectivity index (χ2n) is 5.79. The van der Waals surface area contributed by atoms with Crippen molar-refractivity contribution in [1.82, 2.24) is 4.90 Å². The first kappa shape index (κ1) is 14.4. The number of hydrogen-bond donors (Lipinski definition) is 0. The van der Waals surface area contributed by atoms with Gasteiger partial charge in [0.2, 0.25) is 5.91 Å². The van der Waals surface area contributed by atoms with E-state index in [1.807, 2.05) is 0 Å². The quantitative estimate of drug-likeness (QED) is 0.835. The summed E-state index contributed by atoms with van der Waals surface area (Å²) in [5.74, 6) is -1.25. The number of nitrogens with zero attached hydrogens (tertiary/aromatic N) is 1. The maximum Gasteiger partial charge on any atom is 0.225 e. The molecule has 0 bridgehead atoms. The minimum atomic E-state index is -0.592. The van der Waals surface area contributed by atoms with E-state index in [9.17, 15) is 13.6 Å². The van der Waals surface area contributed by atoms with Gasteiger partial charge in [-0.05, 0) is 37.8 Å². The monoisotopic (exact) mass is 295 g/mol. The van der Waals surface area contributed by atoms with Gasteiger partial charge in [-0.2, -0.15) is 0 Å². The lowest BCUT2D eigenvalue weighted by Gasteiger charge is -2.24. The van der Waals surface area contributed by atoms with Crippen LogP contribution < -0.4 is 0 Å². The summed E-state index contributed by atoms with van der Waals surface area (Å²) in [6, 6.07) is 3.92. The number of ether oxygens (including phenoxy) is 1. The fourth-order valence-electron chi connectivity index (χ4n) is 2.78. The van der Waals surface area contributed by atoms with Gasteiger partial charge in [-0.15, -0.1) is 0 Å². The van der Waals surface area contributed by atoms with Crippen molar-refractivity contribution in [3.05, 3.63) is 35.4 Å². The van der Waals surface area contributed by atoms with E-state index >= 15 is 0 Å². The minimum Gasteiger partial charge on any atom is -0.378 e. The number of benzene rings is 1. The average Bonchev–Trinajstić information content (AvgIpc) is 3.16. The maximum atomic E-state index is 13.8. The largest absolute Gasteiger partial charge is 0.378 e. The molecule has 1 aliphatic heterocycles. The van der Waals surface area contributed by atoms with E-state index in [1.54, 1.807) is 4.90 Å². The van der Waals surface area contributed by atoms with Crippen LogP contribution in [-0.2, 0) is 16.1 Å². The summed E-state index contributed by atoms with van der Waals surface area (Å²) in [4.78, 5) is 14.0. The lowest BCUT2D eigenvalue weighted by Crippen LogP contribution is -2.35. The van der Waals surface area contributed by atoms with E-state index in [4.69, 9.17) is 4.74 Å². The normalized spacial score (nSPS) is 21.5. The molecule has 21 heavy (non-hydrogen) atoms. The summed E-state index contributed by atoms with van der Waals surface area (Å²) in [5.41, 5.74) is -0.0231. The van der Waals surface area contributed by atoms with Crippen LogP contribution in [0.1, 0.15) is 37.7 Å². The second kappa shape index (κ2) is 6.10. The van der Waals surface area contributed by atoms with Crippen molar-refractivity contribution >= 4 is 5.91 Å². The molecule has 1 aromatic carbocycles. The van der Waals surface area contributed by atoms with Gasteiger partial charge in [-0.25, -0.2) is 8.78 Å². The van der Waals surface area contributed by atoms with Gasteiger partial charge in [0, 0.05) is 18.2 Å². The van der Waals surface area contributed by atoms with E-state index in [-0.39, 0.29) is 30.2 Å². The molecule has 1 heterocycles. The summed E-state index contributed by atoms with van der Waals surface area (Å²) in [7, 11) is 0. The zero-order chi connectivity index (χ0) is 14.8. The number of carbonyl (C=O) groups excluding carboxylic acids is 1. The molecule has 1 amide bonds. The Morgan fingerprint density at radius 3 is 2.52 bits per heavy atom. The molecule has 1 saturated carbocycles. The molecule has 0 unspecified atom stereocenters. The molecule has 1 saturated heterocycles. The van der Waals surface area contributed by atoms with Crippen molar-refractivity contribution in [2.24, 2.45) is 0 Å². The first-order chi connectivity index (χ1) is 10.1. The Kier molecular flexibility index (Phi) is 4.19. The second-order valence-corrected chi connectivity index (χ2v) is 5.79. The molecule has 3 rings (SSSR count). The smallest absolute Gasteiger partial charge is 0.225 e. The molecule has 0 N–H and O–H groups in total. The Balaban J connectivity index is 1.71. The van der Waals surface area contributed by atoms with Crippen molar-refractivity contribution in [1.29, 1.82) is 0 Å². The number of rotatable bonds is 5. The minimum absolute atomic E-state index is 0.00866. The van der Waals surface area contributed by atoms with Crippen molar-refractivity contribution in [3.63, 3.8) is 0 Å². The van der Waals surface area contributed by atoms with Crippen LogP contribution in [0.15, 0.2) is 18.2 Å². The van der Waals surface area contributed by atoms with Crippen LogP contribution in [0.4, 0.5) is 8.78 Å². The first-order valence-corrected chi connectivity index (χ1v) is 7.49. The molecule has 1 aromatic rings. The molecule has 1 atom stereocenters. The fourth-order valence-corrected chi connectivity index (χ4v) is 2.78. The van der Waals surface area contributed by atoms with Gasteiger partial charge in [0.05, 0.1) is 19.1 Å². The topological polar surface area (TPSA) is 29.5 Å². The van der Waals surface area contributed by atoms with Crippen LogP contribution in [0.25, 0.3) is 0 Å². The van der Waals surface area contributed by atoms with Crippen molar-refractivity contribution in [3.8, 4) is 0 Å². The van der Waals surface area contributed by atoms with Crippen LogP contribution in [0, 0.1) is 11.6 Å². The van der Waals surface area contributed by atoms with Crippen molar-refractivity contribution < 1.29 is 18.3 Å². The highest BCUT2D eigenvalue weighted by Gasteiger charge is 2.34. The lowest BCUT2D eigenvalue weighted by atomic mass is 10.1. The Morgan fingerprint density at radius 1 is 1.24 bits per heavy atom. The predicted octanol–water partition coefficient (Wildman–Crippen LogP) is 3.02. The summed E-state index contributed by atoms with van der Waals surface area (Å²) >= 11 is 0. The third-order valence-corrected chi connectivity index (χ3v) is 4.12. The summed E-state index contributed by atoms with van der Waals surface area (Å²) in [5, 5.41) is 0. The van der Waals surface area contributed by atoms with E-state index in [0.717, 1.165) is 25.7 Å². The fraction of sp³-hybridized carbons (Fsp3) is 0.562. The van der Waals surface area contributed by atoms with E-state index < -0.39 is 11.6 Å². The Morgan fingerprint density at radius 2 is 1.95 bits per heavy atom. The molecule has 114 valence electrons. The Hall–Kier alpha value is -1.49. The molecule has 2 fully saturated rings. The van der Waals surface area contributed by atoms with Gasteiger partial charge >= 0.3 is 0 Å². The number of carbonyl (C=O) groups is 1. The van der Waals surface area contributed by atoms with Crippen LogP contribution in [0.3, 0.4) is 0 Å². The predicted molar refractivity (Wildman–Crippen MR) is 73.5 cm³/mol. The molecule has 2 aliphatic rings. The molecule has 5 heteroatoms. The zero-order valence-corrected chi connectivity index (χ0v) is 11.9. The maximum absolute atomic E-state index is 13.8. The van der Waals surface area contributed by atoms with Gasteiger partial charge in [-0.1, -0.05) is 6.07 Å². The molecule has 0 aromatic heterocycles. The van der Waals surface area contributed by atoms with Gasteiger partial charge in [-0.3, -0.25) is 4.79 Å². The third-order valence-electron chi connectivity index (χ3n) is 4.12. The first-order valence-electron chi connectivity index (χ1n) is 7.49. The molecule has 0 spiro atoms. The highest BCUT2D eigenvalue weighted by atomic mass is 19.1. The van der Waals surface area contributed by atoms with Crippen LogP contribution in [0.5, 0.6) is 0 Å². The van der Waals surface area contributed by atoms with Crippen molar-refractivity contribution in [2.75, 3.05) is 6.61 Å². The average molecular weight is 295 g/mol. The highest BCUT2D eigenvalue weighted by molar-refractivity contribution is 5.77. The van der Waals surface area contributed by atoms with Gasteiger partial charge in [0.1, 0.15) is 11.6 Å². The van der Waals surface area contributed by atoms with Crippen LogP contribution in [-0.4, -0.2) is 29.6 Å². The number of hydrogen-bond acceptors (Lipinski definition) is 2. The number of halogens is 2. The van der Waals surface area contributed by atoms with Gasteiger partial charge < -0.3 is 9.64 Å². The Bertz CT molecular complexity index is 505. The summed E-state index contributed by atoms with van der Waals surface area (Å²) < 4.78 is 33.0. The SMILES string of the molecule is O=C(C[C@@H]1CCCO1)N(Cc1c(F)cccc1F)C1CC1. The molecule has 1 aliphatic carbocycles. The van der Waals surface area contributed by atoms with Crippen molar-refractivity contribution in [2.45, 2.75) is 50.8 Å². The molecule has 0 radical (unpaired) electrons. The standard InChI is InChI=1S/C16H19F2NO2/c17-14-4-1-5-15(18)13(14)10-19(11-6-7-11)16(20)9-12-3-2-8-21-12/h1,4-5,11-12H,2-3,6-10H2/t12-/m0/s1. The summed E-state index contributed by atoms with van der Waals surface area (Å²) in [6.07, 6.45) is 3.96. The lowest BCUT2D eigenvalue weighted by molar-refractivity contribution is -0.134. The Labute approximate surface area is 122 Å². The van der Waals surface area contributed by atoms with Gasteiger partial charge in [0.25, 0.3) is 0 Å². The van der Waals surface area contributed by atoms with Crippen LogP contribution in [0.2, 0.25) is 0 Å². The zero-order valence-electron chi connectivity index (χ0n) is 11.9. The highest BCUT2D eigenvalue weighted by Crippen LogP contribution is 2.31. The third kappa shape index (κ3) is 3.40. The van der Waals surface area contributed by atoms with Gasteiger partial charge in [0.15, 0.2) is 0 Å². The van der Waals surface area contributed by atoms with E-state index in [0.29, 0.717) is 13.0 Å². The van der Waals surface area contributed by atoms with E-state index in [2.05, 4.69) is 0 Å². The number of amides is 1. The molecule has 3 nitrogen and oxygen atoms in total.